The highest BCUT2D eigenvalue weighted by molar-refractivity contribution is 7.99. The Kier molecular flexibility index (Phi) is 6.53. The van der Waals surface area contributed by atoms with E-state index in [0.717, 1.165) is 29.0 Å². The van der Waals surface area contributed by atoms with Crippen molar-refractivity contribution in [2.45, 2.75) is 55.6 Å². The lowest BCUT2D eigenvalue weighted by Crippen LogP contribution is -2.11. The van der Waals surface area contributed by atoms with Crippen LogP contribution >= 0.6 is 23.5 Å². The number of hydrogen-bond donors (Lipinski definition) is 1. The van der Waals surface area contributed by atoms with E-state index in [1.54, 1.807) is 11.8 Å². The van der Waals surface area contributed by atoms with Crippen LogP contribution in [0.5, 0.6) is 0 Å². The Hall–Kier alpha value is -0.200. The molecule has 0 saturated heterocycles. The number of rotatable bonds is 7. The second-order valence-electron chi connectivity index (χ2n) is 5.01. The molecule has 1 aromatic heterocycles. The molecule has 1 heterocycles. The van der Waals surface area contributed by atoms with E-state index in [0.29, 0.717) is 5.89 Å². The van der Waals surface area contributed by atoms with Gasteiger partial charge in [-0.15, -0.1) is 0 Å². The fourth-order valence-corrected chi connectivity index (χ4v) is 3.93. The first kappa shape index (κ1) is 15.2. The zero-order chi connectivity index (χ0) is 13.5. The second-order valence-corrected chi connectivity index (χ2v) is 7.28. The number of nitrogens with two attached hydrogens (primary N) is 1. The van der Waals surface area contributed by atoms with Crippen LogP contribution in [-0.2, 0) is 5.75 Å². The summed E-state index contributed by atoms with van der Waals surface area (Å²) in [5.74, 6) is 3.26. The van der Waals surface area contributed by atoms with E-state index in [-0.39, 0.29) is 6.04 Å². The molecule has 0 aromatic carbocycles. The largest absolute Gasteiger partial charge is 0.338 e. The van der Waals surface area contributed by atoms with Gasteiger partial charge in [0.1, 0.15) is 0 Å². The van der Waals surface area contributed by atoms with Crippen LogP contribution in [0.3, 0.4) is 0 Å². The zero-order valence-electron chi connectivity index (χ0n) is 11.5. The summed E-state index contributed by atoms with van der Waals surface area (Å²) in [6.45, 7) is 0. The Morgan fingerprint density at radius 3 is 2.89 bits per heavy atom. The maximum atomic E-state index is 6.02. The van der Waals surface area contributed by atoms with Crippen molar-refractivity contribution in [2.75, 3.05) is 12.0 Å². The molecule has 19 heavy (non-hydrogen) atoms. The van der Waals surface area contributed by atoms with Crippen molar-refractivity contribution in [3.05, 3.63) is 11.7 Å². The van der Waals surface area contributed by atoms with Crippen LogP contribution in [0.4, 0.5) is 0 Å². The predicted octanol–water partition coefficient (Wildman–Crippen LogP) is 3.39. The summed E-state index contributed by atoms with van der Waals surface area (Å²) in [4.78, 5) is 4.41. The lowest BCUT2D eigenvalue weighted by molar-refractivity contribution is 0.350. The summed E-state index contributed by atoms with van der Waals surface area (Å²) in [5, 5.41) is 4.81. The van der Waals surface area contributed by atoms with Gasteiger partial charge in [-0.1, -0.05) is 24.4 Å². The molecule has 0 bridgehead atoms. The van der Waals surface area contributed by atoms with Gasteiger partial charge in [-0.2, -0.15) is 28.5 Å². The Morgan fingerprint density at radius 2 is 2.16 bits per heavy atom. The SMILES string of the molecule is CSCC[C@@H](N)c1nc(CSC2CCCCC2)no1. The van der Waals surface area contributed by atoms with Gasteiger partial charge in [0.25, 0.3) is 0 Å². The molecule has 1 saturated carbocycles. The van der Waals surface area contributed by atoms with Crippen molar-refractivity contribution >= 4 is 23.5 Å². The molecule has 0 unspecified atom stereocenters. The lowest BCUT2D eigenvalue weighted by atomic mass is 10.0. The molecule has 0 aliphatic heterocycles. The van der Waals surface area contributed by atoms with Gasteiger partial charge in [-0.3, -0.25) is 0 Å². The van der Waals surface area contributed by atoms with Gasteiger partial charge in [0.2, 0.25) is 5.89 Å². The van der Waals surface area contributed by atoms with E-state index in [4.69, 9.17) is 10.3 Å². The Labute approximate surface area is 123 Å². The number of nitrogens with zero attached hydrogens (tertiary/aromatic N) is 2. The van der Waals surface area contributed by atoms with E-state index < -0.39 is 0 Å². The van der Waals surface area contributed by atoms with Gasteiger partial charge < -0.3 is 10.3 Å². The maximum absolute atomic E-state index is 6.02. The Morgan fingerprint density at radius 1 is 1.37 bits per heavy atom. The quantitative estimate of drug-likeness (QED) is 0.833. The van der Waals surface area contributed by atoms with Crippen molar-refractivity contribution in [3.63, 3.8) is 0 Å². The third-order valence-electron chi connectivity index (χ3n) is 3.43. The van der Waals surface area contributed by atoms with Crippen molar-refractivity contribution in [1.29, 1.82) is 0 Å². The van der Waals surface area contributed by atoms with Crippen LogP contribution < -0.4 is 5.73 Å². The highest BCUT2D eigenvalue weighted by Crippen LogP contribution is 2.30. The molecule has 0 amide bonds. The van der Waals surface area contributed by atoms with Crippen molar-refractivity contribution in [3.8, 4) is 0 Å². The monoisotopic (exact) mass is 301 g/mol. The zero-order valence-corrected chi connectivity index (χ0v) is 13.1. The molecule has 1 aliphatic carbocycles. The van der Waals surface area contributed by atoms with Crippen LogP contribution in [0.25, 0.3) is 0 Å². The van der Waals surface area contributed by atoms with Crippen molar-refractivity contribution < 1.29 is 4.52 Å². The normalized spacial score (nSPS) is 18.6. The topological polar surface area (TPSA) is 64.9 Å². The Balaban J connectivity index is 1.76. The molecule has 2 N–H and O–H groups in total. The summed E-state index contributed by atoms with van der Waals surface area (Å²) >= 11 is 3.75. The molecule has 2 rings (SSSR count). The van der Waals surface area contributed by atoms with Gasteiger partial charge in [0.15, 0.2) is 5.82 Å². The van der Waals surface area contributed by atoms with E-state index in [2.05, 4.69) is 16.4 Å². The minimum atomic E-state index is -0.117. The smallest absolute Gasteiger partial charge is 0.243 e. The predicted molar refractivity (Wildman–Crippen MR) is 82.4 cm³/mol. The molecule has 1 aliphatic rings. The van der Waals surface area contributed by atoms with E-state index >= 15 is 0 Å². The van der Waals surface area contributed by atoms with Crippen molar-refractivity contribution in [1.82, 2.24) is 10.1 Å². The first-order valence-corrected chi connectivity index (χ1v) is 9.42. The van der Waals surface area contributed by atoms with Crippen LogP contribution in [0.1, 0.15) is 56.3 Å². The van der Waals surface area contributed by atoms with Gasteiger partial charge in [-0.25, -0.2) is 0 Å². The third-order valence-corrected chi connectivity index (χ3v) is 5.45. The highest BCUT2D eigenvalue weighted by Gasteiger charge is 2.17. The van der Waals surface area contributed by atoms with Gasteiger partial charge in [0.05, 0.1) is 11.8 Å². The first-order valence-electron chi connectivity index (χ1n) is 6.98. The van der Waals surface area contributed by atoms with Gasteiger partial charge in [0, 0.05) is 5.25 Å². The number of hydrogen-bond acceptors (Lipinski definition) is 6. The molecular weight excluding hydrogens is 278 g/mol. The molecular formula is C13H23N3OS2. The lowest BCUT2D eigenvalue weighted by Gasteiger charge is -2.19. The van der Waals surface area contributed by atoms with Crippen LogP contribution in [-0.4, -0.2) is 27.4 Å². The van der Waals surface area contributed by atoms with E-state index in [9.17, 15) is 0 Å². The Bertz CT molecular complexity index is 367. The molecule has 6 heteroatoms. The minimum absolute atomic E-state index is 0.117. The molecule has 108 valence electrons. The standard InChI is InChI=1S/C13H23N3OS2/c1-18-8-7-11(14)13-15-12(16-17-13)9-19-10-5-3-2-4-6-10/h10-11H,2-9,14H2,1H3/t11-/m1/s1. The maximum Gasteiger partial charge on any atom is 0.243 e. The summed E-state index contributed by atoms with van der Waals surface area (Å²) in [6, 6.07) is -0.117. The molecule has 0 spiro atoms. The summed E-state index contributed by atoms with van der Waals surface area (Å²) in [6.07, 6.45) is 9.77. The fourth-order valence-electron chi connectivity index (χ4n) is 2.27. The number of aromatic nitrogens is 2. The number of thioether (sulfide) groups is 2. The minimum Gasteiger partial charge on any atom is -0.338 e. The average Bonchev–Trinajstić information content (AvgIpc) is 2.92. The highest BCUT2D eigenvalue weighted by atomic mass is 32.2. The van der Waals surface area contributed by atoms with E-state index in [1.807, 2.05) is 11.8 Å². The van der Waals surface area contributed by atoms with E-state index in [1.165, 1.54) is 32.1 Å². The molecule has 0 radical (unpaired) electrons. The van der Waals surface area contributed by atoms with Crippen molar-refractivity contribution in [2.24, 2.45) is 5.73 Å². The molecule has 4 nitrogen and oxygen atoms in total. The van der Waals surface area contributed by atoms with Gasteiger partial charge >= 0.3 is 0 Å². The molecule has 1 aromatic rings. The van der Waals surface area contributed by atoms with Crippen LogP contribution in [0, 0.1) is 0 Å². The summed E-state index contributed by atoms with van der Waals surface area (Å²) in [5.41, 5.74) is 6.02. The van der Waals surface area contributed by atoms with Gasteiger partial charge in [-0.05, 0) is 31.3 Å². The second kappa shape index (κ2) is 8.17. The summed E-state index contributed by atoms with van der Waals surface area (Å²) < 4.78 is 5.25. The summed E-state index contributed by atoms with van der Waals surface area (Å²) in [7, 11) is 0. The fraction of sp³-hybridized carbons (Fsp3) is 0.846. The third kappa shape index (κ3) is 5.00. The average molecular weight is 301 g/mol. The van der Waals surface area contributed by atoms with Crippen LogP contribution in [0.2, 0.25) is 0 Å². The molecule has 1 atom stereocenters. The van der Waals surface area contributed by atoms with Crippen LogP contribution in [0.15, 0.2) is 4.52 Å². The molecule has 1 fully saturated rings. The first-order chi connectivity index (χ1) is 9.29.